The van der Waals surface area contributed by atoms with Crippen molar-refractivity contribution in [1.29, 1.82) is 0 Å². The van der Waals surface area contributed by atoms with Crippen molar-refractivity contribution in [3.05, 3.63) is 71.8 Å². The first-order chi connectivity index (χ1) is 13.5. The summed E-state index contributed by atoms with van der Waals surface area (Å²) in [6.45, 7) is 0. The molecule has 0 saturated heterocycles. The van der Waals surface area contributed by atoms with Crippen LogP contribution in [-0.4, -0.2) is 24.0 Å². The number of aromatic nitrogens is 1. The lowest BCUT2D eigenvalue weighted by Gasteiger charge is -2.06. The van der Waals surface area contributed by atoms with Gasteiger partial charge in [0.2, 0.25) is 5.91 Å². The number of amides is 1. The van der Waals surface area contributed by atoms with Crippen LogP contribution < -0.4 is 5.32 Å². The minimum Gasteiger partial charge on any atom is -0.465 e. The van der Waals surface area contributed by atoms with Crippen LogP contribution >= 0.6 is 0 Å². The molecule has 0 saturated carbocycles. The number of esters is 1. The van der Waals surface area contributed by atoms with Gasteiger partial charge in [-0.2, -0.15) is 0 Å². The second kappa shape index (κ2) is 8.43. The summed E-state index contributed by atoms with van der Waals surface area (Å²) in [7, 11) is 1.27. The van der Waals surface area contributed by atoms with Gasteiger partial charge in [0, 0.05) is 24.6 Å². The molecule has 8 heteroatoms. The molecule has 0 aliphatic heterocycles. The van der Waals surface area contributed by atoms with Crippen LogP contribution in [0.1, 0.15) is 22.7 Å². The van der Waals surface area contributed by atoms with Crippen molar-refractivity contribution in [2.75, 3.05) is 12.4 Å². The molecule has 0 aliphatic rings. The summed E-state index contributed by atoms with van der Waals surface area (Å²) in [4.78, 5) is 27.6. The Morgan fingerprint density at radius 2 is 2.00 bits per heavy atom. The number of methoxy groups -OCH3 is 1. The number of rotatable bonds is 6. The Morgan fingerprint density at radius 1 is 1.18 bits per heavy atom. The van der Waals surface area contributed by atoms with Crippen LogP contribution in [-0.2, 0) is 16.0 Å². The van der Waals surface area contributed by atoms with E-state index in [4.69, 9.17) is 4.42 Å². The fraction of sp³-hybridized carbons (Fsp3) is 0.150. The number of halogens is 2. The largest absolute Gasteiger partial charge is 0.465 e. The van der Waals surface area contributed by atoms with Crippen molar-refractivity contribution < 1.29 is 27.5 Å². The average molecular weight is 386 g/mol. The Labute approximate surface area is 159 Å². The fourth-order valence-corrected chi connectivity index (χ4v) is 2.53. The van der Waals surface area contributed by atoms with Gasteiger partial charge in [-0.05, 0) is 30.3 Å². The minimum absolute atomic E-state index is 0.0638. The van der Waals surface area contributed by atoms with Gasteiger partial charge in [-0.25, -0.2) is 18.6 Å². The molecule has 2 aromatic carbocycles. The first-order valence-electron chi connectivity index (χ1n) is 8.34. The third-order valence-corrected chi connectivity index (χ3v) is 3.88. The number of aryl methyl sites for hydroxylation is 1. The van der Waals surface area contributed by atoms with E-state index >= 15 is 0 Å². The molecule has 0 aliphatic carbocycles. The van der Waals surface area contributed by atoms with Crippen LogP contribution in [0.25, 0.3) is 11.3 Å². The number of anilines is 1. The Kier molecular flexibility index (Phi) is 5.78. The van der Waals surface area contributed by atoms with Gasteiger partial charge in [-0.3, -0.25) is 4.79 Å². The number of carbonyl (C=O) groups excluding carboxylic acids is 2. The Morgan fingerprint density at radius 3 is 2.75 bits per heavy atom. The van der Waals surface area contributed by atoms with Crippen molar-refractivity contribution in [1.82, 2.24) is 4.98 Å². The number of carbonyl (C=O) groups is 2. The van der Waals surface area contributed by atoms with Crippen LogP contribution in [0, 0.1) is 11.6 Å². The number of hydrogen-bond acceptors (Lipinski definition) is 5. The van der Waals surface area contributed by atoms with Gasteiger partial charge < -0.3 is 14.5 Å². The smallest absolute Gasteiger partial charge is 0.337 e. The second-order valence-corrected chi connectivity index (χ2v) is 5.86. The molecular formula is C20H16F2N2O4. The lowest BCUT2D eigenvalue weighted by molar-refractivity contribution is -0.116. The Bertz CT molecular complexity index is 1020. The Balaban J connectivity index is 1.60. The summed E-state index contributed by atoms with van der Waals surface area (Å²) in [6, 6.07) is 9.49. The molecule has 0 radical (unpaired) electrons. The van der Waals surface area contributed by atoms with Gasteiger partial charge in [0.1, 0.15) is 11.6 Å². The lowest BCUT2D eigenvalue weighted by Crippen LogP contribution is -2.13. The first-order valence-corrected chi connectivity index (χ1v) is 8.34. The monoisotopic (exact) mass is 386 g/mol. The zero-order valence-electron chi connectivity index (χ0n) is 14.9. The highest BCUT2D eigenvalue weighted by molar-refractivity contribution is 5.94. The molecule has 0 unspecified atom stereocenters. The molecule has 3 rings (SSSR count). The Hall–Kier alpha value is -3.55. The standard InChI is InChI=1S/C20H16F2N2O4/c1-27-20(26)12-3-2-4-14(9-12)24-18(25)7-8-19-23-11-17(28-19)15-6-5-13(21)10-16(15)22/h2-6,9-11H,7-8H2,1H3,(H,24,25). The molecule has 3 aromatic rings. The molecular weight excluding hydrogens is 370 g/mol. The van der Waals surface area contributed by atoms with E-state index in [0.29, 0.717) is 11.3 Å². The zero-order chi connectivity index (χ0) is 20.1. The number of nitrogens with one attached hydrogen (secondary N) is 1. The molecule has 0 bridgehead atoms. The van der Waals surface area contributed by atoms with Crippen molar-refractivity contribution in [3.8, 4) is 11.3 Å². The van der Waals surface area contributed by atoms with Crippen LogP contribution in [0.5, 0.6) is 0 Å². The summed E-state index contributed by atoms with van der Waals surface area (Å²) >= 11 is 0. The fourth-order valence-electron chi connectivity index (χ4n) is 2.53. The minimum atomic E-state index is -0.758. The average Bonchev–Trinajstić information content (AvgIpc) is 3.14. The highest BCUT2D eigenvalue weighted by atomic mass is 19.1. The molecule has 1 aromatic heterocycles. The molecule has 0 fully saturated rings. The van der Waals surface area contributed by atoms with Gasteiger partial charge in [0.15, 0.2) is 11.7 Å². The van der Waals surface area contributed by atoms with Gasteiger partial charge in [-0.15, -0.1) is 0 Å². The normalized spacial score (nSPS) is 10.5. The van der Waals surface area contributed by atoms with Crippen molar-refractivity contribution in [2.24, 2.45) is 0 Å². The highest BCUT2D eigenvalue weighted by Gasteiger charge is 2.13. The number of hydrogen-bond donors (Lipinski definition) is 1. The van der Waals surface area contributed by atoms with E-state index in [0.717, 1.165) is 12.1 Å². The predicted octanol–water partition coefficient (Wildman–Crippen LogP) is 3.98. The van der Waals surface area contributed by atoms with E-state index in [1.165, 1.54) is 25.4 Å². The zero-order valence-corrected chi connectivity index (χ0v) is 14.9. The molecule has 144 valence electrons. The van der Waals surface area contributed by atoms with Crippen molar-refractivity contribution >= 4 is 17.6 Å². The molecule has 1 heterocycles. The highest BCUT2D eigenvalue weighted by Crippen LogP contribution is 2.24. The summed E-state index contributed by atoms with van der Waals surface area (Å²) in [5, 5.41) is 2.67. The number of benzene rings is 2. The SMILES string of the molecule is COC(=O)c1cccc(NC(=O)CCc2ncc(-c3ccc(F)cc3F)o2)c1. The third-order valence-electron chi connectivity index (χ3n) is 3.88. The van der Waals surface area contributed by atoms with E-state index in [1.807, 2.05) is 0 Å². The van der Waals surface area contributed by atoms with E-state index in [9.17, 15) is 18.4 Å². The lowest BCUT2D eigenvalue weighted by atomic mass is 10.2. The van der Waals surface area contributed by atoms with Crippen LogP contribution in [0.2, 0.25) is 0 Å². The molecule has 0 atom stereocenters. The van der Waals surface area contributed by atoms with Crippen molar-refractivity contribution in [2.45, 2.75) is 12.8 Å². The third kappa shape index (κ3) is 4.59. The van der Waals surface area contributed by atoms with Crippen LogP contribution in [0.3, 0.4) is 0 Å². The quantitative estimate of drug-likeness (QED) is 0.648. The summed E-state index contributed by atoms with van der Waals surface area (Å²) in [5.41, 5.74) is 0.859. The van der Waals surface area contributed by atoms with E-state index in [2.05, 4.69) is 15.0 Å². The predicted molar refractivity (Wildman–Crippen MR) is 96.6 cm³/mol. The van der Waals surface area contributed by atoms with E-state index in [1.54, 1.807) is 18.2 Å². The molecule has 6 nitrogen and oxygen atoms in total. The maximum atomic E-state index is 13.8. The topological polar surface area (TPSA) is 81.4 Å². The first kappa shape index (κ1) is 19.2. The van der Waals surface area contributed by atoms with E-state index < -0.39 is 17.6 Å². The maximum absolute atomic E-state index is 13.8. The van der Waals surface area contributed by atoms with Gasteiger partial charge in [0.05, 0.1) is 24.4 Å². The summed E-state index contributed by atoms with van der Waals surface area (Å²) in [6.07, 6.45) is 1.57. The number of ether oxygens (including phenoxy) is 1. The van der Waals surface area contributed by atoms with Crippen LogP contribution in [0.4, 0.5) is 14.5 Å². The molecule has 28 heavy (non-hydrogen) atoms. The van der Waals surface area contributed by atoms with Gasteiger partial charge >= 0.3 is 5.97 Å². The van der Waals surface area contributed by atoms with Crippen molar-refractivity contribution in [3.63, 3.8) is 0 Å². The maximum Gasteiger partial charge on any atom is 0.337 e. The number of oxazole rings is 1. The summed E-state index contributed by atoms with van der Waals surface area (Å²) in [5.74, 6) is -1.86. The molecule has 0 spiro atoms. The second-order valence-electron chi connectivity index (χ2n) is 5.86. The van der Waals surface area contributed by atoms with Crippen LogP contribution in [0.15, 0.2) is 53.1 Å². The summed E-state index contributed by atoms with van der Waals surface area (Å²) < 4.78 is 36.9. The molecule has 1 amide bonds. The van der Waals surface area contributed by atoms with Gasteiger partial charge in [-0.1, -0.05) is 6.07 Å². The molecule has 1 N–H and O–H groups in total. The van der Waals surface area contributed by atoms with Gasteiger partial charge in [0.25, 0.3) is 0 Å². The van der Waals surface area contributed by atoms with E-state index in [-0.39, 0.29) is 36.0 Å². The number of nitrogens with zero attached hydrogens (tertiary/aromatic N) is 1.